The minimum atomic E-state index is 0.0417. The number of aryl methyl sites for hydroxylation is 1. The summed E-state index contributed by atoms with van der Waals surface area (Å²) in [6, 6.07) is 15.9. The molecule has 0 unspecified atom stereocenters. The van der Waals surface area contributed by atoms with Crippen molar-refractivity contribution in [3.63, 3.8) is 0 Å². The smallest absolute Gasteiger partial charge is 0.237 e. The van der Waals surface area contributed by atoms with Gasteiger partial charge in [0.1, 0.15) is 0 Å². The number of carbonyl (C=O) groups excluding carboxylic acids is 2. The van der Waals surface area contributed by atoms with E-state index in [1.54, 1.807) is 0 Å². The monoisotopic (exact) mass is 382 g/mol. The summed E-state index contributed by atoms with van der Waals surface area (Å²) in [5.74, 6) is 0.561. The highest BCUT2D eigenvalue weighted by Crippen LogP contribution is 2.28. The van der Waals surface area contributed by atoms with Gasteiger partial charge in [-0.15, -0.1) is 11.8 Å². The van der Waals surface area contributed by atoms with E-state index < -0.39 is 0 Å². The number of amides is 2. The van der Waals surface area contributed by atoms with Crippen molar-refractivity contribution in [2.75, 3.05) is 22.5 Å². The fourth-order valence-corrected chi connectivity index (χ4v) is 4.07. The fraction of sp³-hybridized carbons (Fsp3) is 0.364. The Hall–Kier alpha value is -2.27. The minimum Gasteiger partial charge on any atom is -0.326 e. The molecule has 0 fully saturated rings. The van der Waals surface area contributed by atoms with Crippen LogP contribution >= 0.6 is 11.8 Å². The molecular formula is C22H26N2O2S. The van der Waals surface area contributed by atoms with Gasteiger partial charge in [0.05, 0.1) is 5.75 Å². The molecule has 2 aromatic rings. The predicted octanol–water partition coefficient (Wildman–Crippen LogP) is 4.89. The number of hydrogen-bond acceptors (Lipinski definition) is 3. The second kappa shape index (κ2) is 9.60. The van der Waals surface area contributed by atoms with Crippen LogP contribution in [-0.2, 0) is 16.0 Å². The van der Waals surface area contributed by atoms with E-state index in [-0.39, 0.29) is 11.8 Å². The standard InChI is InChI=1S/C22H26N2O2S/c1-2-3-13-21(25)23-18-10-6-11-19(15-18)27-16-22(26)24-14-7-9-17-8-4-5-12-20(17)24/h4-6,8,10-12,15H,2-3,7,9,13-14,16H2,1H3,(H,23,25). The van der Waals surface area contributed by atoms with Gasteiger partial charge in [0, 0.05) is 29.2 Å². The average molecular weight is 383 g/mol. The summed E-state index contributed by atoms with van der Waals surface area (Å²) >= 11 is 1.51. The molecular weight excluding hydrogens is 356 g/mol. The van der Waals surface area contributed by atoms with E-state index in [1.807, 2.05) is 47.4 Å². The van der Waals surface area contributed by atoms with E-state index in [2.05, 4.69) is 18.3 Å². The molecule has 0 aromatic heterocycles. The summed E-state index contributed by atoms with van der Waals surface area (Å²) in [5, 5.41) is 2.93. The largest absolute Gasteiger partial charge is 0.326 e. The van der Waals surface area contributed by atoms with E-state index in [0.717, 1.165) is 48.5 Å². The number of fused-ring (bicyclic) bond motifs is 1. The molecule has 0 radical (unpaired) electrons. The quantitative estimate of drug-likeness (QED) is 0.694. The van der Waals surface area contributed by atoms with E-state index in [9.17, 15) is 9.59 Å². The Morgan fingerprint density at radius 3 is 2.85 bits per heavy atom. The van der Waals surface area contributed by atoms with Gasteiger partial charge >= 0.3 is 0 Å². The normalized spacial score (nSPS) is 13.1. The molecule has 0 atom stereocenters. The van der Waals surface area contributed by atoms with Gasteiger partial charge in [0.15, 0.2) is 0 Å². The summed E-state index contributed by atoms with van der Waals surface area (Å²) in [5.41, 5.74) is 3.09. The molecule has 142 valence electrons. The van der Waals surface area contributed by atoms with Crippen LogP contribution in [0.1, 0.15) is 38.2 Å². The SMILES string of the molecule is CCCCC(=O)Nc1cccc(SCC(=O)N2CCCc3ccccc32)c1. The molecule has 4 nitrogen and oxygen atoms in total. The Bertz CT molecular complexity index is 806. The summed E-state index contributed by atoms with van der Waals surface area (Å²) < 4.78 is 0. The Morgan fingerprint density at radius 2 is 2.00 bits per heavy atom. The molecule has 1 aliphatic heterocycles. The topological polar surface area (TPSA) is 49.4 Å². The number of hydrogen-bond donors (Lipinski definition) is 1. The lowest BCUT2D eigenvalue weighted by Crippen LogP contribution is -2.36. The summed E-state index contributed by atoms with van der Waals surface area (Å²) in [7, 11) is 0. The first-order valence-corrected chi connectivity index (χ1v) is 10.6. The Kier molecular flexibility index (Phi) is 6.93. The van der Waals surface area contributed by atoms with E-state index >= 15 is 0 Å². The lowest BCUT2D eigenvalue weighted by atomic mass is 10.0. The average Bonchev–Trinajstić information content (AvgIpc) is 2.70. The van der Waals surface area contributed by atoms with Crippen molar-refractivity contribution in [3.8, 4) is 0 Å². The van der Waals surface area contributed by atoms with Gasteiger partial charge in [-0.25, -0.2) is 0 Å². The van der Waals surface area contributed by atoms with E-state index in [1.165, 1.54) is 17.3 Å². The Balaban J connectivity index is 1.58. The number of carbonyl (C=O) groups is 2. The van der Waals surface area contributed by atoms with Crippen LogP contribution in [0.25, 0.3) is 0 Å². The zero-order valence-electron chi connectivity index (χ0n) is 15.7. The Morgan fingerprint density at radius 1 is 1.15 bits per heavy atom. The van der Waals surface area contributed by atoms with Crippen LogP contribution in [0.3, 0.4) is 0 Å². The maximum atomic E-state index is 12.8. The first kappa shape index (κ1) is 19.5. The van der Waals surface area contributed by atoms with Crippen molar-refractivity contribution in [3.05, 3.63) is 54.1 Å². The van der Waals surface area contributed by atoms with E-state index in [0.29, 0.717) is 12.2 Å². The summed E-state index contributed by atoms with van der Waals surface area (Å²) in [6.45, 7) is 2.85. The lowest BCUT2D eigenvalue weighted by Gasteiger charge is -2.29. The van der Waals surface area contributed by atoms with Gasteiger partial charge in [0.25, 0.3) is 0 Å². The van der Waals surface area contributed by atoms with Gasteiger partial charge in [-0.2, -0.15) is 0 Å². The van der Waals surface area contributed by atoms with Crippen molar-refractivity contribution in [2.45, 2.75) is 43.9 Å². The molecule has 0 saturated carbocycles. The van der Waals surface area contributed by atoms with Crippen molar-refractivity contribution in [2.24, 2.45) is 0 Å². The molecule has 2 amide bonds. The van der Waals surface area contributed by atoms with Crippen molar-refractivity contribution >= 4 is 35.0 Å². The third kappa shape index (κ3) is 5.36. The highest BCUT2D eigenvalue weighted by molar-refractivity contribution is 8.00. The number of thioether (sulfide) groups is 1. The molecule has 1 aliphatic rings. The molecule has 0 spiro atoms. The van der Waals surface area contributed by atoms with Crippen LogP contribution in [-0.4, -0.2) is 24.1 Å². The maximum Gasteiger partial charge on any atom is 0.237 e. The van der Waals surface area contributed by atoms with Crippen molar-refractivity contribution in [1.29, 1.82) is 0 Å². The molecule has 1 N–H and O–H groups in total. The number of nitrogens with one attached hydrogen (secondary N) is 1. The molecule has 2 aromatic carbocycles. The highest BCUT2D eigenvalue weighted by atomic mass is 32.2. The first-order valence-electron chi connectivity index (χ1n) is 9.58. The van der Waals surface area contributed by atoms with Gasteiger partial charge in [-0.3, -0.25) is 9.59 Å². The molecule has 0 aliphatic carbocycles. The number of nitrogens with zero attached hydrogens (tertiary/aromatic N) is 1. The number of unbranched alkanes of at least 4 members (excludes halogenated alkanes) is 1. The lowest BCUT2D eigenvalue weighted by molar-refractivity contribution is -0.117. The maximum absolute atomic E-state index is 12.8. The molecule has 3 rings (SSSR count). The van der Waals surface area contributed by atoms with Crippen LogP contribution in [0.15, 0.2) is 53.4 Å². The summed E-state index contributed by atoms with van der Waals surface area (Å²) in [4.78, 5) is 27.5. The van der Waals surface area contributed by atoms with E-state index in [4.69, 9.17) is 0 Å². The van der Waals surface area contributed by atoms with Crippen LogP contribution in [0, 0.1) is 0 Å². The van der Waals surface area contributed by atoms with Crippen LogP contribution in [0.2, 0.25) is 0 Å². The zero-order chi connectivity index (χ0) is 19.1. The minimum absolute atomic E-state index is 0.0417. The van der Waals surface area contributed by atoms with Crippen molar-refractivity contribution in [1.82, 2.24) is 0 Å². The summed E-state index contributed by atoms with van der Waals surface area (Å²) in [6.07, 6.45) is 4.48. The van der Waals surface area contributed by atoms with Gasteiger partial charge in [-0.1, -0.05) is 37.6 Å². The van der Waals surface area contributed by atoms with Crippen LogP contribution in [0.4, 0.5) is 11.4 Å². The van der Waals surface area contributed by atoms with Crippen LogP contribution in [0.5, 0.6) is 0 Å². The number of anilines is 2. The zero-order valence-corrected chi connectivity index (χ0v) is 16.6. The molecule has 0 bridgehead atoms. The number of para-hydroxylation sites is 1. The number of benzene rings is 2. The first-order chi connectivity index (χ1) is 13.2. The van der Waals surface area contributed by atoms with Gasteiger partial charge in [0.2, 0.25) is 11.8 Å². The fourth-order valence-electron chi connectivity index (χ4n) is 3.24. The molecule has 5 heteroatoms. The molecule has 0 saturated heterocycles. The van der Waals surface area contributed by atoms with Crippen molar-refractivity contribution < 1.29 is 9.59 Å². The second-order valence-corrected chi connectivity index (χ2v) is 7.79. The van der Waals surface area contributed by atoms with Gasteiger partial charge in [-0.05, 0) is 49.1 Å². The van der Waals surface area contributed by atoms with Gasteiger partial charge < -0.3 is 10.2 Å². The third-order valence-electron chi connectivity index (χ3n) is 4.65. The van der Waals surface area contributed by atoms with Crippen LogP contribution < -0.4 is 10.2 Å². The number of rotatable bonds is 7. The second-order valence-electron chi connectivity index (χ2n) is 6.75. The predicted molar refractivity (Wildman–Crippen MR) is 112 cm³/mol. The molecule has 1 heterocycles. The Labute approximate surface area is 165 Å². The molecule has 27 heavy (non-hydrogen) atoms. The highest BCUT2D eigenvalue weighted by Gasteiger charge is 2.21. The third-order valence-corrected chi connectivity index (χ3v) is 5.63.